The number of rotatable bonds is 6. The summed E-state index contributed by atoms with van der Waals surface area (Å²) in [7, 11) is 1.90. The van der Waals surface area contributed by atoms with Crippen LogP contribution in [0.2, 0.25) is 0 Å². The predicted molar refractivity (Wildman–Crippen MR) is 95.0 cm³/mol. The first-order valence-electron chi connectivity index (χ1n) is 8.39. The van der Waals surface area contributed by atoms with E-state index in [-0.39, 0.29) is 11.3 Å². The molecule has 0 amide bonds. The predicted octanol–water partition coefficient (Wildman–Crippen LogP) is 5.04. The Labute approximate surface area is 145 Å². The van der Waals surface area contributed by atoms with E-state index in [1.54, 1.807) is 12.1 Å². The first-order chi connectivity index (χ1) is 12.0. The maximum Gasteiger partial charge on any atom is 0.150 e. The summed E-state index contributed by atoms with van der Waals surface area (Å²) in [5.41, 5.74) is 2.63. The fourth-order valence-corrected chi connectivity index (χ4v) is 3.19. The molecule has 132 valence electrons. The first kappa shape index (κ1) is 17.5. The van der Waals surface area contributed by atoms with Gasteiger partial charge in [0.1, 0.15) is 17.5 Å². The Morgan fingerprint density at radius 2 is 1.76 bits per heavy atom. The molecule has 0 bridgehead atoms. The number of benzene rings is 2. The Balaban J connectivity index is 2.12. The molecular formula is C20H21F3N2. The molecule has 3 aromatic rings. The van der Waals surface area contributed by atoms with Crippen molar-refractivity contribution < 1.29 is 13.2 Å². The summed E-state index contributed by atoms with van der Waals surface area (Å²) in [4.78, 5) is 3.08. The molecule has 0 saturated carbocycles. The number of hydrogen-bond donors (Lipinski definition) is 2. The van der Waals surface area contributed by atoms with Crippen LogP contribution in [-0.2, 0) is 6.42 Å². The Bertz CT molecular complexity index is 869. The van der Waals surface area contributed by atoms with Crippen molar-refractivity contribution in [3.63, 3.8) is 0 Å². The Hall–Kier alpha value is -2.27. The molecule has 0 aliphatic heterocycles. The van der Waals surface area contributed by atoms with Gasteiger partial charge in [-0.1, -0.05) is 6.92 Å². The summed E-state index contributed by atoms with van der Waals surface area (Å²) >= 11 is 0. The van der Waals surface area contributed by atoms with Crippen LogP contribution in [0.1, 0.15) is 18.9 Å². The highest BCUT2D eigenvalue weighted by atomic mass is 19.1. The molecule has 2 aromatic carbocycles. The lowest BCUT2D eigenvalue weighted by molar-refractivity contribution is 0.516. The first-order valence-corrected chi connectivity index (χ1v) is 8.39. The summed E-state index contributed by atoms with van der Waals surface area (Å²) < 4.78 is 41.2. The molecule has 1 aromatic heterocycles. The monoisotopic (exact) mass is 346 g/mol. The van der Waals surface area contributed by atoms with E-state index in [2.05, 4.69) is 17.2 Å². The van der Waals surface area contributed by atoms with Crippen LogP contribution in [-0.4, -0.2) is 18.6 Å². The van der Waals surface area contributed by atoms with Gasteiger partial charge in [0.25, 0.3) is 0 Å². The van der Waals surface area contributed by atoms with Crippen LogP contribution in [0.5, 0.6) is 0 Å². The zero-order chi connectivity index (χ0) is 18.0. The van der Waals surface area contributed by atoms with E-state index in [1.807, 2.05) is 7.05 Å². The van der Waals surface area contributed by atoms with Crippen LogP contribution in [0.15, 0.2) is 36.4 Å². The molecule has 1 atom stereocenters. The zero-order valence-corrected chi connectivity index (χ0v) is 14.3. The molecule has 0 fully saturated rings. The van der Waals surface area contributed by atoms with Crippen LogP contribution < -0.4 is 5.32 Å². The van der Waals surface area contributed by atoms with E-state index in [0.717, 1.165) is 35.9 Å². The number of aromatic nitrogens is 1. The second-order valence-electron chi connectivity index (χ2n) is 6.50. The van der Waals surface area contributed by atoms with Gasteiger partial charge in [0.05, 0.1) is 5.52 Å². The Kier molecular flexibility index (Phi) is 5.13. The number of nitrogens with one attached hydrogen (secondary N) is 2. The minimum absolute atomic E-state index is 0.288. The quantitative estimate of drug-likeness (QED) is 0.643. The molecule has 0 spiro atoms. The number of hydrogen-bond acceptors (Lipinski definition) is 1. The fraction of sp³-hybridized carbons (Fsp3) is 0.300. The van der Waals surface area contributed by atoms with Gasteiger partial charge in [0.15, 0.2) is 0 Å². The molecular weight excluding hydrogens is 325 g/mol. The van der Waals surface area contributed by atoms with Gasteiger partial charge < -0.3 is 10.3 Å². The van der Waals surface area contributed by atoms with Crippen molar-refractivity contribution in [1.82, 2.24) is 10.3 Å². The molecule has 1 unspecified atom stereocenters. The average molecular weight is 346 g/mol. The Morgan fingerprint density at radius 1 is 1.04 bits per heavy atom. The van der Waals surface area contributed by atoms with Crippen LogP contribution in [0, 0.1) is 23.4 Å². The smallest absolute Gasteiger partial charge is 0.150 e. The molecule has 3 rings (SSSR count). The molecule has 5 heteroatoms. The number of aromatic amines is 1. The van der Waals surface area contributed by atoms with Gasteiger partial charge in [-0.25, -0.2) is 13.2 Å². The van der Waals surface area contributed by atoms with E-state index in [0.29, 0.717) is 17.7 Å². The third-order valence-electron chi connectivity index (χ3n) is 4.50. The van der Waals surface area contributed by atoms with E-state index >= 15 is 0 Å². The summed E-state index contributed by atoms with van der Waals surface area (Å²) in [5.74, 6) is -1.22. The lowest BCUT2D eigenvalue weighted by Crippen LogP contribution is -2.13. The summed E-state index contributed by atoms with van der Waals surface area (Å²) in [6, 6.07) is 8.27. The van der Waals surface area contributed by atoms with Crippen molar-refractivity contribution >= 4 is 10.9 Å². The van der Waals surface area contributed by atoms with Gasteiger partial charge in [-0.2, -0.15) is 0 Å². The van der Waals surface area contributed by atoms with Gasteiger partial charge in [-0.3, -0.25) is 0 Å². The minimum atomic E-state index is -0.618. The van der Waals surface area contributed by atoms with Crippen molar-refractivity contribution in [2.75, 3.05) is 13.6 Å². The molecule has 0 aliphatic rings. The maximum atomic E-state index is 14.2. The molecule has 0 saturated heterocycles. The summed E-state index contributed by atoms with van der Waals surface area (Å²) in [5, 5.41) is 3.67. The minimum Gasteiger partial charge on any atom is -0.352 e. The van der Waals surface area contributed by atoms with Crippen LogP contribution in [0.3, 0.4) is 0 Å². The van der Waals surface area contributed by atoms with E-state index in [9.17, 15) is 13.2 Å². The summed E-state index contributed by atoms with van der Waals surface area (Å²) in [6.07, 6.45) is 1.63. The van der Waals surface area contributed by atoms with E-state index in [1.165, 1.54) is 18.2 Å². The highest BCUT2D eigenvalue weighted by molar-refractivity contribution is 5.91. The molecule has 25 heavy (non-hydrogen) atoms. The second-order valence-corrected chi connectivity index (χ2v) is 6.50. The number of fused-ring (bicyclic) bond motifs is 1. The fourth-order valence-electron chi connectivity index (χ4n) is 3.19. The summed E-state index contributed by atoms with van der Waals surface area (Å²) in [6.45, 7) is 2.98. The average Bonchev–Trinajstić information content (AvgIpc) is 2.92. The van der Waals surface area contributed by atoms with E-state index in [4.69, 9.17) is 0 Å². The second kappa shape index (κ2) is 7.31. The van der Waals surface area contributed by atoms with Crippen molar-refractivity contribution in [3.05, 3.63) is 59.4 Å². The standard InChI is InChI=1S/C20H21F3N2/c1-12(7-8-24-2)9-16-17-10-15(22)11-18(23)20(17)25-19(16)13-3-5-14(21)6-4-13/h3-6,10-12,24-25H,7-9H2,1-2H3. The highest BCUT2D eigenvalue weighted by Gasteiger charge is 2.19. The molecule has 2 nitrogen and oxygen atoms in total. The zero-order valence-electron chi connectivity index (χ0n) is 14.3. The lowest BCUT2D eigenvalue weighted by atomic mass is 9.94. The SMILES string of the molecule is CNCCC(C)Cc1c(-c2ccc(F)cc2)[nH]c2c(F)cc(F)cc12. The third-order valence-corrected chi connectivity index (χ3v) is 4.50. The lowest BCUT2D eigenvalue weighted by Gasteiger charge is -2.12. The van der Waals surface area contributed by atoms with Crippen molar-refractivity contribution in [2.45, 2.75) is 19.8 Å². The van der Waals surface area contributed by atoms with Gasteiger partial charge in [-0.05, 0) is 73.8 Å². The molecule has 2 N–H and O–H groups in total. The van der Waals surface area contributed by atoms with Gasteiger partial charge in [-0.15, -0.1) is 0 Å². The van der Waals surface area contributed by atoms with Crippen molar-refractivity contribution in [3.8, 4) is 11.3 Å². The largest absolute Gasteiger partial charge is 0.352 e. The third kappa shape index (κ3) is 3.71. The maximum absolute atomic E-state index is 14.2. The Morgan fingerprint density at radius 3 is 2.44 bits per heavy atom. The van der Waals surface area contributed by atoms with Gasteiger partial charge in [0, 0.05) is 17.1 Å². The van der Waals surface area contributed by atoms with Crippen LogP contribution in [0.4, 0.5) is 13.2 Å². The van der Waals surface area contributed by atoms with Crippen molar-refractivity contribution in [1.29, 1.82) is 0 Å². The number of H-pyrrole nitrogens is 1. The topological polar surface area (TPSA) is 27.8 Å². The van der Waals surface area contributed by atoms with Crippen molar-refractivity contribution in [2.24, 2.45) is 5.92 Å². The van der Waals surface area contributed by atoms with Gasteiger partial charge >= 0.3 is 0 Å². The normalized spacial score (nSPS) is 12.7. The van der Waals surface area contributed by atoms with E-state index < -0.39 is 11.6 Å². The molecule has 0 radical (unpaired) electrons. The van der Waals surface area contributed by atoms with Gasteiger partial charge in [0.2, 0.25) is 0 Å². The van der Waals surface area contributed by atoms with Crippen LogP contribution in [0.25, 0.3) is 22.2 Å². The molecule has 0 aliphatic carbocycles. The molecule has 1 heterocycles. The number of halogens is 3. The van der Waals surface area contributed by atoms with Crippen LogP contribution >= 0.6 is 0 Å². The highest BCUT2D eigenvalue weighted by Crippen LogP contribution is 2.34.